The van der Waals surface area contributed by atoms with Crippen molar-refractivity contribution in [1.82, 2.24) is 20.5 Å². The summed E-state index contributed by atoms with van der Waals surface area (Å²) in [4.78, 5) is 16.1. The molecule has 3 unspecified atom stereocenters. The van der Waals surface area contributed by atoms with Gasteiger partial charge in [-0.3, -0.25) is 10.1 Å². The third kappa shape index (κ3) is 2.89. The Morgan fingerprint density at radius 3 is 2.95 bits per heavy atom. The second-order valence-corrected chi connectivity index (χ2v) is 5.40. The Kier molecular flexibility index (Phi) is 3.68. The molecule has 0 bridgehead atoms. The van der Waals surface area contributed by atoms with Gasteiger partial charge in [-0.25, -0.2) is 4.98 Å². The summed E-state index contributed by atoms with van der Waals surface area (Å²) in [6.45, 7) is 0. The van der Waals surface area contributed by atoms with Crippen molar-refractivity contribution in [2.75, 3.05) is 5.32 Å². The Bertz CT molecular complexity index is 438. The van der Waals surface area contributed by atoms with Crippen molar-refractivity contribution in [2.45, 2.75) is 50.6 Å². The van der Waals surface area contributed by atoms with Crippen LogP contribution in [0.5, 0.6) is 0 Å². The highest BCUT2D eigenvalue weighted by Gasteiger charge is 2.34. The lowest BCUT2D eigenvalue weighted by atomic mass is 9.77. The molecule has 2 aliphatic rings. The maximum Gasteiger partial charge on any atom is 0.249 e. The fraction of sp³-hybridized carbons (Fsp3) is 0.692. The molecule has 0 aromatic carbocycles. The van der Waals surface area contributed by atoms with E-state index in [1.165, 1.54) is 38.1 Å². The van der Waals surface area contributed by atoms with Crippen molar-refractivity contribution < 1.29 is 4.79 Å². The summed E-state index contributed by atoms with van der Waals surface area (Å²) < 4.78 is 0. The maximum absolute atomic E-state index is 12.2. The molecular formula is C13H19N5O. The minimum Gasteiger partial charge on any atom is -0.303 e. The van der Waals surface area contributed by atoms with Crippen LogP contribution < -0.4 is 10.6 Å². The number of amides is 1. The predicted molar refractivity (Wildman–Crippen MR) is 70.4 cm³/mol. The molecule has 1 saturated heterocycles. The van der Waals surface area contributed by atoms with Crippen molar-refractivity contribution in [1.29, 1.82) is 0 Å². The predicted octanol–water partition coefficient (Wildman–Crippen LogP) is 1.12. The summed E-state index contributed by atoms with van der Waals surface area (Å²) in [6, 6.07) is 0.385. The molecule has 0 radical (unpaired) electrons. The van der Waals surface area contributed by atoms with Gasteiger partial charge in [-0.15, -0.1) is 5.10 Å². The van der Waals surface area contributed by atoms with E-state index < -0.39 is 0 Å². The van der Waals surface area contributed by atoms with E-state index in [1.54, 1.807) is 0 Å². The molecule has 19 heavy (non-hydrogen) atoms. The van der Waals surface area contributed by atoms with Crippen molar-refractivity contribution in [3.05, 3.63) is 12.4 Å². The Balaban J connectivity index is 1.59. The molecule has 6 heteroatoms. The zero-order chi connectivity index (χ0) is 13.1. The van der Waals surface area contributed by atoms with E-state index in [9.17, 15) is 4.79 Å². The van der Waals surface area contributed by atoms with Crippen LogP contribution in [0.1, 0.15) is 38.5 Å². The first-order valence-electron chi connectivity index (χ1n) is 7.03. The highest BCUT2D eigenvalue weighted by atomic mass is 16.2. The minimum atomic E-state index is -0.122. The van der Waals surface area contributed by atoms with Gasteiger partial charge < -0.3 is 5.32 Å². The number of nitrogens with zero attached hydrogens (tertiary/aromatic N) is 3. The summed E-state index contributed by atoms with van der Waals surface area (Å²) in [7, 11) is 0. The van der Waals surface area contributed by atoms with Gasteiger partial charge in [0, 0.05) is 6.04 Å². The highest BCUT2D eigenvalue weighted by molar-refractivity contribution is 5.93. The quantitative estimate of drug-likeness (QED) is 0.834. The number of hydrogen-bond donors (Lipinski definition) is 2. The van der Waals surface area contributed by atoms with Gasteiger partial charge in [0.2, 0.25) is 11.9 Å². The lowest BCUT2D eigenvalue weighted by Gasteiger charge is -2.39. The van der Waals surface area contributed by atoms with Crippen LogP contribution in [0.25, 0.3) is 0 Å². The van der Waals surface area contributed by atoms with Gasteiger partial charge >= 0.3 is 0 Å². The van der Waals surface area contributed by atoms with Gasteiger partial charge in [-0.2, -0.15) is 5.10 Å². The van der Waals surface area contributed by atoms with Crippen LogP contribution in [-0.4, -0.2) is 33.2 Å². The van der Waals surface area contributed by atoms with E-state index in [4.69, 9.17) is 0 Å². The first-order chi connectivity index (χ1) is 9.33. The minimum absolute atomic E-state index is 0.0444. The molecule has 2 fully saturated rings. The zero-order valence-electron chi connectivity index (χ0n) is 10.9. The second-order valence-electron chi connectivity index (χ2n) is 5.40. The molecule has 1 aromatic rings. The monoisotopic (exact) mass is 261 g/mol. The van der Waals surface area contributed by atoms with Crippen LogP contribution in [0.15, 0.2) is 12.4 Å². The molecule has 1 amide bonds. The standard InChI is InChI=1S/C13H19N5O/c19-12(17-13-14-7-8-15-18-13)11-6-5-9-3-1-2-4-10(9)16-11/h7-11,16H,1-6H2,(H,14,17,18,19). The second kappa shape index (κ2) is 5.61. The van der Waals surface area contributed by atoms with Crippen LogP contribution in [0, 0.1) is 5.92 Å². The van der Waals surface area contributed by atoms with E-state index in [1.807, 2.05) is 0 Å². The number of rotatable bonds is 2. The van der Waals surface area contributed by atoms with Gasteiger partial charge in [-0.1, -0.05) is 12.8 Å². The number of fused-ring (bicyclic) bond motifs is 1. The number of nitrogens with one attached hydrogen (secondary N) is 2. The number of piperidine rings is 1. The fourth-order valence-corrected chi connectivity index (χ4v) is 3.20. The molecule has 2 N–H and O–H groups in total. The van der Waals surface area contributed by atoms with E-state index in [2.05, 4.69) is 25.8 Å². The van der Waals surface area contributed by atoms with E-state index >= 15 is 0 Å². The van der Waals surface area contributed by atoms with Crippen molar-refractivity contribution in [3.8, 4) is 0 Å². The van der Waals surface area contributed by atoms with E-state index in [0.717, 1.165) is 18.8 Å². The molecule has 1 aromatic heterocycles. The Labute approximate surface area is 112 Å². The maximum atomic E-state index is 12.2. The van der Waals surface area contributed by atoms with Gasteiger partial charge in [0.15, 0.2) is 0 Å². The molecular weight excluding hydrogens is 242 g/mol. The van der Waals surface area contributed by atoms with Crippen LogP contribution in [0.3, 0.4) is 0 Å². The summed E-state index contributed by atoms with van der Waals surface area (Å²) >= 11 is 0. The largest absolute Gasteiger partial charge is 0.303 e. The SMILES string of the molecule is O=C(Nc1nccnn1)C1CCC2CCCCC2N1. The molecule has 6 nitrogen and oxygen atoms in total. The molecule has 0 spiro atoms. The average Bonchev–Trinajstić information content (AvgIpc) is 2.48. The number of anilines is 1. The Morgan fingerprint density at radius 2 is 2.11 bits per heavy atom. The van der Waals surface area contributed by atoms with Crippen LogP contribution in [-0.2, 0) is 4.79 Å². The van der Waals surface area contributed by atoms with Crippen LogP contribution >= 0.6 is 0 Å². The summed E-state index contributed by atoms with van der Waals surface area (Å²) in [5, 5.41) is 13.7. The van der Waals surface area contributed by atoms with Crippen LogP contribution in [0.4, 0.5) is 5.95 Å². The van der Waals surface area contributed by atoms with E-state index in [-0.39, 0.29) is 17.9 Å². The Hall–Kier alpha value is -1.56. The zero-order valence-corrected chi connectivity index (χ0v) is 10.9. The first-order valence-corrected chi connectivity index (χ1v) is 7.03. The lowest BCUT2D eigenvalue weighted by molar-refractivity contribution is -0.119. The molecule has 102 valence electrons. The van der Waals surface area contributed by atoms with Crippen molar-refractivity contribution >= 4 is 11.9 Å². The third-order valence-corrected chi connectivity index (χ3v) is 4.18. The van der Waals surface area contributed by atoms with Gasteiger partial charge in [-0.05, 0) is 31.6 Å². The number of carbonyl (C=O) groups excluding carboxylic acids is 1. The fourth-order valence-electron chi connectivity index (χ4n) is 3.20. The van der Waals surface area contributed by atoms with Crippen molar-refractivity contribution in [2.24, 2.45) is 5.92 Å². The number of aromatic nitrogens is 3. The topological polar surface area (TPSA) is 79.8 Å². The first kappa shape index (κ1) is 12.5. The lowest BCUT2D eigenvalue weighted by Crippen LogP contribution is -2.53. The molecule has 1 aliphatic carbocycles. The summed E-state index contributed by atoms with van der Waals surface area (Å²) in [6.07, 6.45) is 10.2. The summed E-state index contributed by atoms with van der Waals surface area (Å²) in [5.74, 6) is 0.990. The van der Waals surface area contributed by atoms with Gasteiger partial charge in [0.05, 0.1) is 18.4 Å². The smallest absolute Gasteiger partial charge is 0.249 e. The van der Waals surface area contributed by atoms with Gasteiger partial charge in [0.25, 0.3) is 0 Å². The average molecular weight is 261 g/mol. The Morgan fingerprint density at radius 1 is 1.21 bits per heavy atom. The van der Waals surface area contributed by atoms with Gasteiger partial charge in [0.1, 0.15) is 0 Å². The number of hydrogen-bond acceptors (Lipinski definition) is 5. The molecule has 2 heterocycles. The van der Waals surface area contributed by atoms with Crippen molar-refractivity contribution in [3.63, 3.8) is 0 Å². The third-order valence-electron chi connectivity index (χ3n) is 4.18. The molecule has 3 atom stereocenters. The normalized spacial score (nSPS) is 30.4. The molecule has 1 saturated carbocycles. The number of carbonyl (C=O) groups is 1. The van der Waals surface area contributed by atoms with E-state index in [0.29, 0.717) is 6.04 Å². The molecule has 1 aliphatic heterocycles. The highest BCUT2D eigenvalue weighted by Crippen LogP contribution is 2.32. The molecule has 3 rings (SSSR count). The van der Waals surface area contributed by atoms with Crippen LogP contribution in [0.2, 0.25) is 0 Å². The summed E-state index contributed by atoms with van der Waals surface area (Å²) in [5.41, 5.74) is 0.